The van der Waals surface area contributed by atoms with Crippen LogP contribution >= 0.6 is 0 Å². The lowest BCUT2D eigenvalue weighted by molar-refractivity contribution is 0.474. The van der Waals surface area contributed by atoms with Crippen LogP contribution in [0.1, 0.15) is 71.1 Å². The van der Waals surface area contributed by atoms with Gasteiger partial charge < -0.3 is 5.11 Å². The maximum Gasteiger partial charge on any atom is 0.240 e. The van der Waals surface area contributed by atoms with Crippen molar-refractivity contribution in [3.63, 3.8) is 0 Å². The Hall–Kier alpha value is -1.07. The second-order valence-corrected chi connectivity index (χ2v) is 7.84. The summed E-state index contributed by atoms with van der Waals surface area (Å²) in [5.41, 5.74) is 0. The Bertz CT molecular complexity index is 512. The zero-order valence-corrected chi connectivity index (χ0v) is 15.1. The Kier molecular flexibility index (Phi) is 9.96. The zero-order chi connectivity index (χ0) is 17.0. The molecular formula is C18H31NO3S. The first-order valence-corrected chi connectivity index (χ1v) is 10.3. The third-order valence-electron chi connectivity index (χ3n) is 3.97. The average molecular weight is 342 g/mol. The van der Waals surface area contributed by atoms with E-state index < -0.39 is 10.0 Å². The van der Waals surface area contributed by atoms with Crippen LogP contribution in [0.5, 0.6) is 5.75 Å². The monoisotopic (exact) mass is 341 g/mol. The number of aromatic hydroxyl groups is 1. The predicted molar refractivity (Wildman–Crippen MR) is 95.1 cm³/mol. The highest BCUT2D eigenvalue weighted by Gasteiger charge is 2.12. The molecule has 0 amide bonds. The molecule has 0 spiro atoms. The minimum atomic E-state index is -3.45. The Morgan fingerprint density at radius 3 is 1.83 bits per heavy atom. The number of sulfonamides is 1. The molecule has 2 N–H and O–H groups in total. The summed E-state index contributed by atoms with van der Waals surface area (Å²) in [7, 11) is -3.45. The van der Waals surface area contributed by atoms with Crippen molar-refractivity contribution in [2.45, 2.75) is 76.0 Å². The van der Waals surface area contributed by atoms with E-state index in [9.17, 15) is 13.5 Å². The molecule has 0 saturated carbocycles. The molecule has 0 aliphatic carbocycles. The SMILES string of the molecule is CCCCCCCCCCCCNS(=O)(=O)c1ccc(O)cc1. The normalized spacial score (nSPS) is 11.7. The maximum absolute atomic E-state index is 12.0. The molecule has 1 aromatic carbocycles. The van der Waals surface area contributed by atoms with Crippen molar-refractivity contribution >= 4 is 10.0 Å². The van der Waals surface area contributed by atoms with Crippen molar-refractivity contribution in [1.29, 1.82) is 0 Å². The van der Waals surface area contributed by atoms with Crippen molar-refractivity contribution in [2.75, 3.05) is 6.54 Å². The largest absolute Gasteiger partial charge is 0.508 e. The van der Waals surface area contributed by atoms with Crippen LogP contribution in [0.15, 0.2) is 29.2 Å². The zero-order valence-electron chi connectivity index (χ0n) is 14.3. The van der Waals surface area contributed by atoms with Crippen molar-refractivity contribution in [1.82, 2.24) is 4.72 Å². The molecule has 0 heterocycles. The van der Waals surface area contributed by atoms with Gasteiger partial charge in [0.25, 0.3) is 0 Å². The number of unbranched alkanes of at least 4 members (excludes halogenated alkanes) is 9. The number of phenols is 1. The van der Waals surface area contributed by atoms with Gasteiger partial charge in [0, 0.05) is 6.54 Å². The number of hydrogen-bond donors (Lipinski definition) is 2. The van der Waals surface area contributed by atoms with Gasteiger partial charge in [-0.3, -0.25) is 0 Å². The first-order chi connectivity index (χ1) is 11.1. The first kappa shape index (κ1) is 20.0. The van der Waals surface area contributed by atoms with Crippen LogP contribution in [0.4, 0.5) is 0 Å². The van der Waals surface area contributed by atoms with E-state index >= 15 is 0 Å². The highest BCUT2D eigenvalue weighted by atomic mass is 32.2. The molecule has 0 radical (unpaired) electrons. The lowest BCUT2D eigenvalue weighted by Gasteiger charge is -2.07. The summed E-state index contributed by atoms with van der Waals surface area (Å²) in [6, 6.07) is 5.59. The summed E-state index contributed by atoms with van der Waals surface area (Å²) < 4.78 is 26.6. The Morgan fingerprint density at radius 1 is 0.826 bits per heavy atom. The summed E-state index contributed by atoms with van der Waals surface area (Å²) in [6.45, 7) is 2.70. The second kappa shape index (κ2) is 11.5. The fourth-order valence-corrected chi connectivity index (χ4v) is 3.60. The summed E-state index contributed by atoms with van der Waals surface area (Å²) in [6.07, 6.45) is 12.3. The summed E-state index contributed by atoms with van der Waals surface area (Å²) in [5.74, 6) is 0.0682. The summed E-state index contributed by atoms with van der Waals surface area (Å²) in [4.78, 5) is 0.197. The molecular weight excluding hydrogens is 310 g/mol. The van der Waals surface area contributed by atoms with E-state index in [0.717, 1.165) is 12.8 Å². The highest BCUT2D eigenvalue weighted by Crippen LogP contribution is 2.14. The number of benzene rings is 1. The van der Waals surface area contributed by atoms with Crippen LogP contribution in [-0.2, 0) is 10.0 Å². The van der Waals surface area contributed by atoms with Gasteiger partial charge in [0.1, 0.15) is 5.75 Å². The summed E-state index contributed by atoms with van der Waals surface area (Å²) in [5, 5.41) is 9.18. The standard InChI is InChI=1S/C18H31NO3S/c1-2-3-4-5-6-7-8-9-10-11-16-19-23(21,22)18-14-12-17(20)13-15-18/h12-15,19-20H,2-11,16H2,1H3. The van der Waals surface area contributed by atoms with Gasteiger partial charge in [-0.15, -0.1) is 0 Å². The fourth-order valence-electron chi connectivity index (χ4n) is 2.53. The minimum Gasteiger partial charge on any atom is -0.508 e. The van der Waals surface area contributed by atoms with Crippen LogP contribution in [0.3, 0.4) is 0 Å². The molecule has 0 fully saturated rings. The number of phenolic OH excluding ortho intramolecular Hbond substituents is 1. The molecule has 1 rings (SSSR count). The maximum atomic E-state index is 12.0. The van der Waals surface area contributed by atoms with E-state index in [-0.39, 0.29) is 10.6 Å². The van der Waals surface area contributed by atoms with Crippen molar-refractivity contribution in [3.05, 3.63) is 24.3 Å². The Balaban J connectivity index is 2.05. The van der Waals surface area contributed by atoms with Crippen molar-refractivity contribution in [3.8, 4) is 5.75 Å². The van der Waals surface area contributed by atoms with E-state index in [1.54, 1.807) is 0 Å². The van der Waals surface area contributed by atoms with E-state index in [1.165, 1.54) is 75.6 Å². The van der Waals surface area contributed by atoms with E-state index in [2.05, 4.69) is 11.6 Å². The highest BCUT2D eigenvalue weighted by molar-refractivity contribution is 7.89. The van der Waals surface area contributed by atoms with Gasteiger partial charge in [-0.25, -0.2) is 13.1 Å². The van der Waals surface area contributed by atoms with Gasteiger partial charge in [-0.1, -0.05) is 64.7 Å². The van der Waals surface area contributed by atoms with Crippen LogP contribution in [0.25, 0.3) is 0 Å². The Morgan fingerprint density at radius 2 is 1.30 bits per heavy atom. The quantitative estimate of drug-likeness (QED) is 0.516. The topological polar surface area (TPSA) is 66.4 Å². The second-order valence-electron chi connectivity index (χ2n) is 6.07. The van der Waals surface area contributed by atoms with Gasteiger partial charge in [0.15, 0.2) is 0 Å². The molecule has 0 unspecified atom stereocenters. The number of hydrogen-bond acceptors (Lipinski definition) is 3. The number of rotatable bonds is 13. The molecule has 0 bridgehead atoms. The summed E-state index contributed by atoms with van der Waals surface area (Å²) >= 11 is 0. The lowest BCUT2D eigenvalue weighted by Crippen LogP contribution is -2.24. The molecule has 4 nitrogen and oxygen atoms in total. The van der Waals surface area contributed by atoms with Gasteiger partial charge in [0.05, 0.1) is 4.90 Å². The van der Waals surface area contributed by atoms with Gasteiger partial charge in [-0.2, -0.15) is 0 Å². The van der Waals surface area contributed by atoms with Crippen LogP contribution in [0, 0.1) is 0 Å². The van der Waals surface area contributed by atoms with E-state index in [1.807, 2.05) is 0 Å². The fraction of sp³-hybridized carbons (Fsp3) is 0.667. The smallest absolute Gasteiger partial charge is 0.240 e. The molecule has 0 atom stereocenters. The lowest BCUT2D eigenvalue weighted by atomic mass is 10.1. The third-order valence-corrected chi connectivity index (χ3v) is 5.45. The minimum absolute atomic E-state index is 0.0682. The molecule has 0 aromatic heterocycles. The number of nitrogens with one attached hydrogen (secondary N) is 1. The average Bonchev–Trinajstić information content (AvgIpc) is 2.53. The molecule has 23 heavy (non-hydrogen) atoms. The third kappa shape index (κ3) is 8.96. The Labute approximate surface area is 141 Å². The predicted octanol–water partition coefficient (Wildman–Crippen LogP) is 4.59. The van der Waals surface area contributed by atoms with Crippen LogP contribution in [0.2, 0.25) is 0 Å². The molecule has 1 aromatic rings. The molecule has 0 aliphatic rings. The molecule has 5 heteroatoms. The van der Waals surface area contributed by atoms with Crippen LogP contribution in [-0.4, -0.2) is 20.1 Å². The first-order valence-electron chi connectivity index (χ1n) is 8.85. The van der Waals surface area contributed by atoms with Gasteiger partial charge in [-0.05, 0) is 30.7 Å². The molecule has 0 saturated heterocycles. The van der Waals surface area contributed by atoms with E-state index in [0.29, 0.717) is 6.54 Å². The van der Waals surface area contributed by atoms with Crippen LogP contribution < -0.4 is 4.72 Å². The molecule has 0 aliphatic heterocycles. The van der Waals surface area contributed by atoms with Gasteiger partial charge >= 0.3 is 0 Å². The van der Waals surface area contributed by atoms with Crippen molar-refractivity contribution in [2.24, 2.45) is 0 Å². The molecule has 132 valence electrons. The van der Waals surface area contributed by atoms with Gasteiger partial charge in [0.2, 0.25) is 10.0 Å². The van der Waals surface area contributed by atoms with E-state index in [4.69, 9.17) is 0 Å². The van der Waals surface area contributed by atoms with Crippen molar-refractivity contribution < 1.29 is 13.5 Å².